The average molecular weight is 490 g/mol. The van der Waals surface area contributed by atoms with E-state index in [-0.39, 0.29) is 22.7 Å². The van der Waals surface area contributed by atoms with Crippen LogP contribution in [0.15, 0.2) is 47.4 Å². The van der Waals surface area contributed by atoms with Gasteiger partial charge in [-0.1, -0.05) is 23.5 Å². The van der Waals surface area contributed by atoms with Crippen molar-refractivity contribution in [1.29, 1.82) is 0 Å². The molecule has 10 heteroatoms. The Kier molecular flexibility index (Phi) is 6.11. The van der Waals surface area contributed by atoms with Crippen molar-refractivity contribution in [2.24, 2.45) is 0 Å². The number of aromatic nitrogens is 1. The van der Waals surface area contributed by atoms with Crippen LogP contribution in [0, 0.1) is 0 Å². The van der Waals surface area contributed by atoms with Gasteiger partial charge >= 0.3 is 0 Å². The zero-order chi connectivity index (χ0) is 22.1. The number of benzene rings is 2. The number of anilines is 2. The average Bonchev–Trinajstić information content (AvgIpc) is 3.37. The summed E-state index contributed by atoms with van der Waals surface area (Å²) >= 11 is 3.09. The molecule has 2 fully saturated rings. The fraction of sp³-hybridized carbons (Fsp3) is 0.364. The van der Waals surface area contributed by atoms with E-state index in [0.29, 0.717) is 30.9 Å². The van der Waals surface area contributed by atoms with Crippen LogP contribution in [-0.4, -0.2) is 62.4 Å². The first-order chi connectivity index (χ1) is 15.5. The molecule has 0 saturated carbocycles. The number of carbonyl (C=O) groups is 1. The molecule has 32 heavy (non-hydrogen) atoms. The summed E-state index contributed by atoms with van der Waals surface area (Å²) in [6, 6.07) is 13.1. The molecular weight excluding hydrogens is 466 g/mol. The Morgan fingerprint density at radius 3 is 2.78 bits per heavy atom. The molecule has 1 aromatic heterocycles. The molecule has 1 N–H and O–H groups in total. The summed E-state index contributed by atoms with van der Waals surface area (Å²) in [5.74, 6) is 0.188. The van der Waals surface area contributed by atoms with Crippen LogP contribution in [0.25, 0.3) is 10.2 Å². The third-order valence-corrected chi connectivity index (χ3v) is 9.94. The monoisotopic (exact) mass is 489 g/mol. The van der Waals surface area contributed by atoms with E-state index < -0.39 is 9.84 Å². The van der Waals surface area contributed by atoms with Gasteiger partial charge in [-0.2, -0.15) is 0 Å². The standard InChI is InChI=1S/C22H23N3O4S3/c26-21(17-3-1-2-4-19(17)30-16-7-12-32(27,28)14-16)23-15-5-6-18-20(13-15)31-22(24-18)25-8-10-29-11-9-25/h1-6,13,16H,7-12,14H2,(H,23,26)/t16-/m1/s1. The van der Waals surface area contributed by atoms with Gasteiger partial charge in [0.1, 0.15) is 0 Å². The van der Waals surface area contributed by atoms with E-state index in [1.54, 1.807) is 17.4 Å². The predicted octanol–water partition coefficient (Wildman–Crippen LogP) is 3.66. The van der Waals surface area contributed by atoms with Crippen LogP contribution >= 0.6 is 23.1 Å². The largest absolute Gasteiger partial charge is 0.378 e. The van der Waals surface area contributed by atoms with Crippen molar-refractivity contribution in [1.82, 2.24) is 4.98 Å². The summed E-state index contributed by atoms with van der Waals surface area (Å²) in [4.78, 5) is 20.8. The maximum absolute atomic E-state index is 13.0. The number of hydrogen-bond acceptors (Lipinski definition) is 8. The second-order valence-electron chi connectivity index (χ2n) is 7.87. The van der Waals surface area contributed by atoms with Crippen molar-refractivity contribution in [3.8, 4) is 0 Å². The number of nitrogens with one attached hydrogen (secondary N) is 1. The number of ether oxygens (including phenoxy) is 1. The highest BCUT2D eigenvalue weighted by atomic mass is 32.2. The molecule has 0 spiro atoms. The molecule has 1 amide bonds. The molecule has 0 radical (unpaired) electrons. The van der Waals surface area contributed by atoms with Crippen molar-refractivity contribution in [2.75, 3.05) is 48.0 Å². The SMILES string of the molecule is O=C(Nc1ccc2nc(N3CCOCC3)sc2c1)c1ccccc1S[C@@H]1CCS(=O)(=O)C1. The van der Waals surface area contributed by atoms with Gasteiger partial charge in [-0.3, -0.25) is 4.79 Å². The van der Waals surface area contributed by atoms with E-state index in [9.17, 15) is 13.2 Å². The Bertz CT molecular complexity index is 1250. The highest BCUT2D eigenvalue weighted by Crippen LogP contribution is 2.34. The summed E-state index contributed by atoms with van der Waals surface area (Å²) < 4.78 is 30.0. The normalized spacial score (nSPS) is 20.5. The minimum Gasteiger partial charge on any atom is -0.378 e. The van der Waals surface area contributed by atoms with E-state index in [1.807, 2.05) is 36.4 Å². The first kappa shape index (κ1) is 21.7. The lowest BCUT2D eigenvalue weighted by atomic mass is 10.2. The molecule has 0 aliphatic carbocycles. The van der Waals surface area contributed by atoms with Gasteiger partial charge in [0.2, 0.25) is 0 Å². The lowest BCUT2D eigenvalue weighted by molar-refractivity contribution is 0.102. The van der Waals surface area contributed by atoms with Crippen LogP contribution < -0.4 is 10.2 Å². The van der Waals surface area contributed by atoms with Crippen LogP contribution in [-0.2, 0) is 14.6 Å². The second kappa shape index (κ2) is 9.01. The summed E-state index contributed by atoms with van der Waals surface area (Å²) in [5.41, 5.74) is 2.18. The number of rotatable bonds is 5. The smallest absolute Gasteiger partial charge is 0.256 e. The summed E-state index contributed by atoms with van der Waals surface area (Å²) in [7, 11) is -2.96. The summed E-state index contributed by atoms with van der Waals surface area (Å²) in [6.07, 6.45) is 0.622. The fourth-order valence-corrected chi connectivity index (χ4v) is 8.55. The Morgan fingerprint density at radius 1 is 1.19 bits per heavy atom. The van der Waals surface area contributed by atoms with Crippen LogP contribution in [0.2, 0.25) is 0 Å². The number of thioether (sulfide) groups is 1. The molecule has 2 aliphatic rings. The van der Waals surface area contributed by atoms with Crippen LogP contribution in [0.5, 0.6) is 0 Å². The Morgan fingerprint density at radius 2 is 2.00 bits per heavy atom. The molecule has 2 aromatic carbocycles. The Hall–Kier alpha value is -2.14. The molecule has 2 saturated heterocycles. The zero-order valence-corrected chi connectivity index (χ0v) is 19.8. The van der Waals surface area contributed by atoms with Crippen molar-refractivity contribution < 1.29 is 17.9 Å². The number of thiazole rings is 1. The summed E-state index contributed by atoms with van der Waals surface area (Å²) in [6.45, 7) is 3.09. The highest BCUT2D eigenvalue weighted by Gasteiger charge is 2.29. The number of amides is 1. The van der Waals surface area contributed by atoms with Crippen molar-refractivity contribution in [2.45, 2.75) is 16.6 Å². The van der Waals surface area contributed by atoms with Gasteiger partial charge < -0.3 is 15.0 Å². The minimum atomic E-state index is -2.96. The van der Waals surface area contributed by atoms with E-state index in [2.05, 4.69) is 10.2 Å². The number of carbonyl (C=O) groups excluding carboxylic acids is 1. The predicted molar refractivity (Wildman–Crippen MR) is 130 cm³/mol. The van der Waals surface area contributed by atoms with Gasteiger partial charge in [0.05, 0.1) is 40.5 Å². The molecule has 3 aromatic rings. The maximum atomic E-state index is 13.0. The van der Waals surface area contributed by atoms with E-state index in [4.69, 9.17) is 9.72 Å². The molecule has 168 valence electrons. The molecular formula is C22H23N3O4S3. The third kappa shape index (κ3) is 4.78. The molecule has 0 bridgehead atoms. The fourth-order valence-electron chi connectivity index (χ4n) is 3.87. The van der Waals surface area contributed by atoms with Gasteiger partial charge in [-0.15, -0.1) is 11.8 Å². The Balaban J connectivity index is 1.32. The molecule has 1 atom stereocenters. The van der Waals surface area contributed by atoms with Crippen molar-refractivity contribution >= 4 is 59.9 Å². The first-order valence-electron chi connectivity index (χ1n) is 10.5. The molecule has 0 unspecified atom stereocenters. The second-order valence-corrected chi connectivity index (χ2v) is 12.5. The molecule has 7 nitrogen and oxygen atoms in total. The van der Waals surface area contributed by atoms with Gasteiger partial charge in [0.15, 0.2) is 15.0 Å². The van der Waals surface area contributed by atoms with Crippen molar-refractivity contribution in [3.63, 3.8) is 0 Å². The molecule has 2 aliphatic heterocycles. The van der Waals surface area contributed by atoms with Crippen LogP contribution in [0.4, 0.5) is 10.8 Å². The van der Waals surface area contributed by atoms with Crippen LogP contribution in [0.1, 0.15) is 16.8 Å². The number of morpholine rings is 1. The van der Waals surface area contributed by atoms with Gasteiger partial charge in [0, 0.05) is 28.9 Å². The number of fused-ring (bicyclic) bond motifs is 1. The van der Waals surface area contributed by atoms with Crippen molar-refractivity contribution in [3.05, 3.63) is 48.0 Å². The topological polar surface area (TPSA) is 88.6 Å². The van der Waals surface area contributed by atoms with Gasteiger partial charge in [-0.25, -0.2) is 13.4 Å². The Labute approximate surface area is 195 Å². The quantitative estimate of drug-likeness (QED) is 0.585. The van der Waals surface area contributed by atoms with E-state index >= 15 is 0 Å². The van der Waals surface area contributed by atoms with Crippen LogP contribution in [0.3, 0.4) is 0 Å². The van der Waals surface area contributed by atoms with E-state index in [0.717, 1.165) is 33.3 Å². The molecule has 3 heterocycles. The first-order valence-corrected chi connectivity index (χ1v) is 14.0. The zero-order valence-electron chi connectivity index (χ0n) is 17.3. The number of hydrogen-bond donors (Lipinski definition) is 1. The summed E-state index contributed by atoms with van der Waals surface area (Å²) in [5, 5.41) is 3.95. The third-order valence-electron chi connectivity index (χ3n) is 5.53. The lowest BCUT2D eigenvalue weighted by Crippen LogP contribution is -2.36. The minimum absolute atomic E-state index is 0.0129. The number of sulfone groups is 1. The lowest BCUT2D eigenvalue weighted by Gasteiger charge is -2.25. The van der Waals surface area contributed by atoms with E-state index in [1.165, 1.54) is 11.8 Å². The molecule has 5 rings (SSSR count). The maximum Gasteiger partial charge on any atom is 0.256 e. The van der Waals surface area contributed by atoms with Gasteiger partial charge in [0.25, 0.3) is 5.91 Å². The number of nitrogens with zero attached hydrogens (tertiary/aromatic N) is 2. The highest BCUT2D eigenvalue weighted by molar-refractivity contribution is 8.02. The van der Waals surface area contributed by atoms with Gasteiger partial charge in [-0.05, 0) is 36.8 Å².